The number of aromatic nitrogens is 1. The maximum absolute atomic E-state index is 14.6. The number of carboxylic acids is 1. The number of nitrogens with one attached hydrogen (secondary N) is 1. The monoisotopic (exact) mass is 466 g/mol. The molecule has 3 aromatic rings. The zero-order chi connectivity index (χ0) is 24.1. The highest BCUT2D eigenvalue weighted by Crippen LogP contribution is 2.41. The van der Waals surface area contributed by atoms with Crippen molar-refractivity contribution in [1.82, 2.24) is 9.88 Å². The first-order valence-electron chi connectivity index (χ1n) is 9.40. The van der Waals surface area contributed by atoms with Crippen molar-refractivity contribution in [2.45, 2.75) is 18.8 Å². The van der Waals surface area contributed by atoms with Gasteiger partial charge in [-0.25, -0.2) is 4.39 Å². The molecule has 0 bridgehead atoms. The number of carbonyl (C=O) groups is 2. The van der Waals surface area contributed by atoms with Gasteiger partial charge in [0.25, 0.3) is 11.5 Å². The second kappa shape index (κ2) is 7.80. The molecule has 0 aliphatic carbocycles. The van der Waals surface area contributed by atoms with Crippen LogP contribution in [-0.2, 0) is 17.5 Å². The number of rotatable bonds is 4. The molecule has 2 heterocycles. The van der Waals surface area contributed by atoms with Gasteiger partial charge < -0.3 is 20.3 Å². The molecule has 1 aliphatic rings. The Balaban J connectivity index is 1.84. The minimum absolute atomic E-state index is 0.0997. The van der Waals surface area contributed by atoms with E-state index in [-0.39, 0.29) is 23.0 Å². The van der Waals surface area contributed by atoms with Gasteiger partial charge in [0, 0.05) is 5.39 Å². The minimum Gasteiger partial charge on any atom is -0.506 e. The molecule has 0 saturated carbocycles. The first-order chi connectivity index (χ1) is 15.5. The van der Waals surface area contributed by atoms with Crippen molar-refractivity contribution < 1.29 is 42.1 Å². The average Bonchev–Trinajstić information content (AvgIpc) is 2.76. The Hall–Kier alpha value is -4.09. The summed E-state index contributed by atoms with van der Waals surface area (Å²) in [6.07, 6.45) is -5.65. The van der Waals surface area contributed by atoms with Gasteiger partial charge in [-0.2, -0.15) is 13.2 Å². The molecule has 0 radical (unpaired) electrons. The molecule has 0 saturated heterocycles. The van der Waals surface area contributed by atoms with Crippen molar-refractivity contribution in [2.24, 2.45) is 0 Å². The number of nitrogens with zero attached hydrogens (tertiary/aromatic N) is 1. The molecule has 4 rings (SSSR count). The Bertz CT molecular complexity index is 1350. The van der Waals surface area contributed by atoms with E-state index < -0.39 is 64.7 Å². The van der Waals surface area contributed by atoms with Crippen LogP contribution in [0.3, 0.4) is 0 Å². The van der Waals surface area contributed by atoms with Gasteiger partial charge in [-0.3, -0.25) is 19.0 Å². The molecular formula is C21H14F4N2O6. The number of aliphatic carboxylic acids is 1. The third kappa shape index (κ3) is 3.83. The van der Waals surface area contributed by atoms with Gasteiger partial charge in [0.05, 0.1) is 12.1 Å². The Morgan fingerprint density at radius 2 is 1.82 bits per heavy atom. The Labute approximate surface area is 181 Å². The fourth-order valence-electron chi connectivity index (χ4n) is 3.62. The van der Waals surface area contributed by atoms with Gasteiger partial charge in [-0.15, -0.1) is 0 Å². The molecular weight excluding hydrogens is 452 g/mol. The van der Waals surface area contributed by atoms with Crippen molar-refractivity contribution in [3.63, 3.8) is 0 Å². The number of pyridine rings is 1. The van der Waals surface area contributed by atoms with Crippen LogP contribution in [-0.4, -0.2) is 33.2 Å². The fourth-order valence-corrected chi connectivity index (χ4v) is 3.62. The normalized spacial score (nSPS) is 15.2. The summed E-state index contributed by atoms with van der Waals surface area (Å²) in [7, 11) is 0. The Morgan fingerprint density at radius 1 is 1.15 bits per heavy atom. The van der Waals surface area contributed by atoms with E-state index in [2.05, 4.69) is 0 Å². The van der Waals surface area contributed by atoms with Crippen LogP contribution in [0, 0.1) is 5.82 Å². The lowest BCUT2D eigenvalue weighted by Gasteiger charge is -2.29. The topological polar surface area (TPSA) is 118 Å². The number of halogens is 4. The highest BCUT2D eigenvalue weighted by molar-refractivity contribution is 6.04. The van der Waals surface area contributed by atoms with Crippen LogP contribution in [0.5, 0.6) is 11.5 Å². The van der Waals surface area contributed by atoms with Gasteiger partial charge >= 0.3 is 12.1 Å². The van der Waals surface area contributed by atoms with Gasteiger partial charge in [-0.1, -0.05) is 12.1 Å². The molecule has 33 heavy (non-hydrogen) atoms. The highest BCUT2D eigenvalue weighted by atomic mass is 19.4. The van der Waals surface area contributed by atoms with E-state index in [9.17, 15) is 37.1 Å². The van der Waals surface area contributed by atoms with E-state index >= 15 is 0 Å². The zero-order valence-corrected chi connectivity index (χ0v) is 16.4. The van der Waals surface area contributed by atoms with Crippen LogP contribution in [0.4, 0.5) is 17.6 Å². The van der Waals surface area contributed by atoms with Crippen molar-refractivity contribution in [3.05, 3.63) is 69.3 Å². The van der Waals surface area contributed by atoms with Crippen molar-refractivity contribution in [2.75, 3.05) is 6.54 Å². The lowest BCUT2D eigenvalue weighted by Crippen LogP contribution is -2.38. The third-order valence-corrected chi connectivity index (χ3v) is 5.15. The average molecular weight is 466 g/mol. The second-order valence-electron chi connectivity index (χ2n) is 7.21. The number of alkyl halides is 3. The first-order valence-corrected chi connectivity index (χ1v) is 9.40. The van der Waals surface area contributed by atoms with Crippen LogP contribution in [0.25, 0.3) is 10.9 Å². The number of carbonyl (C=O) groups excluding carboxylic acids is 1. The summed E-state index contributed by atoms with van der Waals surface area (Å²) in [4.78, 5) is 36.2. The standard InChI is InChI=1S/C21H14F4N2O6/c22-12-6-5-11-16-18(12)33-13(9-1-3-10(4-2-9)21(23,24)25)8-27(16)20(32)15(17(11)30)19(31)26-7-14(28)29/h1-6,13,30H,7-8H2,(H,26,31)(H,28,29). The summed E-state index contributed by atoms with van der Waals surface area (Å²) in [5.74, 6) is -4.64. The van der Waals surface area contributed by atoms with Gasteiger partial charge in [0.2, 0.25) is 0 Å². The van der Waals surface area contributed by atoms with Gasteiger partial charge in [0.15, 0.2) is 11.6 Å². The minimum atomic E-state index is -4.57. The lowest BCUT2D eigenvalue weighted by molar-refractivity contribution is -0.138. The Morgan fingerprint density at radius 3 is 2.42 bits per heavy atom. The van der Waals surface area contributed by atoms with Crippen LogP contribution in [0.15, 0.2) is 41.2 Å². The molecule has 3 N–H and O–H groups in total. The molecule has 1 unspecified atom stereocenters. The molecule has 172 valence electrons. The molecule has 1 atom stereocenters. The van der Waals surface area contributed by atoms with Crippen LogP contribution >= 0.6 is 0 Å². The van der Waals surface area contributed by atoms with E-state index in [4.69, 9.17) is 9.84 Å². The summed E-state index contributed by atoms with van der Waals surface area (Å²) in [6, 6.07) is 5.94. The van der Waals surface area contributed by atoms with Crippen molar-refractivity contribution in [1.29, 1.82) is 0 Å². The molecule has 8 nitrogen and oxygen atoms in total. The number of aromatic hydroxyl groups is 1. The first kappa shape index (κ1) is 22.1. The number of benzene rings is 2. The summed E-state index contributed by atoms with van der Waals surface area (Å²) in [5, 5.41) is 21.1. The highest BCUT2D eigenvalue weighted by Gasteiger charge is 2.33. The van der Waals surface area contributed by atoms with E-state index in [0.29, 0.717) is 0 Å². The Kier molecular flexibility index (Phi) is 5.23. The van der Waals surface area contributed by atoms with Gasteiger partial charge in [0.1, 0.15) is 29.5 Å². The van der Waals surface area contributed by atoms with Crippen LogP contribution in [0.2, 0.25) is 0 Å². The number of ether oxygens (including phenoxy) is 1. The second-order valence-corrected chi connectivity index (χ2v) is 7.21. The van der Waals surface area contributed by atoms with Crippen LogP contribution in [0.1, 0.15) is 27.6 Å². The molecule has 0 spiro atoms. The number of carboxylic acid groups (broad SMARTS) is 1. The molecule has 0 fully saturated rings. The number of amides is 1. The van der Waals surface area contributed by atoms with E-state index in [0.717, 1.165) is 41.0 Å². The molecule has 1 amide bonds. The maximum atomic E-state index is 14.6. The summed E-state index contributed by atoms with van der Waals surface area (Å²) < 4.78 is 59.7. The van der Waals surface area contributed by atoms with E-state index in [1.54, 1.807) is 0 Å². The van der Waals surface area contributed by atoms with Crippen molar-refractivity contribution in [3.8, 4) is 11.5 Å². The number of hydrogen-bond donors (Lipinski definition) is 3. The predicted molar refractivity (Wildman–Crippen MR) is 105 cm³/mol. The maximum Gasteiger partial charge on any atom is 0.416 e. The quantitative estimate of drug-likeness (QED) is 0.509. The summed E-state index contributed by atoms with van der Waals surface area (Å²) in [5.41, 5.74) is -2.64. The molecule has 12 heteroatoms. The van der Waals surface area contributed by atoms with E-state index in [1.165, 1.54) is 0 Å². The van der Waals surface area contributed by atoms with E-state index in [1.807, 2.05) is 5.32 Å². The predicted octanol–water partition coefficient (Wildman–Crippen LogP) is 2.81. The zero-order valence-electron chi connectivity index (χ0n) is 16.4. The molecule has 1 aliphatic heterocycles. The fraction of sp³-hybridized carbons (Fsp3) is 0.190. The van der Waals surface area contributed by atoms with Gasteiger partial charge in [-0.05, 0) is 29.8 Å². The summed E-state index contributed by atoms with van der Waals surface area (Å²) in [6.45, 7) is -1.13. The molecule has 2 aromatic carbocycles. The largest absolute Gasteiger partial charge is 0.506 e. The lowest BCUT2D eigenvalue weighted by atomic mass is 10.0. The SMILES string of the molecule is O=C(O)CNC(=O)c1c(O)c2ccc(F)c3c2n(c1=O)CC(c1ccc(C(F)(F)F)cc1)O3. The summed E-state index contributed by atoms with van der Waals surface area (Å²) >= 11 is 0. The van der Waals surface area contributed by atoms with Crippen molar-refractivity contribution >= 4 is 22.8 Å². The third-order valence-electron chi connectivity index (χ3n) is 5.15. The molecule has 1 aromatic heterocycles. The number of hydrogen-bond acceptors (Lipinski definition) is 5. The van der Waals surface area contributed by atoms with Crippen LogP contribution < -0.4 is 15.6 Å². The smallest absolute Gasteiger partial charge is 0.416 e.